The zero-order valence-electron chi connectivity index (χ0n) is 14.9. The predicted molar refractivity (Wildman–Crippen MR) is 96.0 cm³/mol. The van der Waals surface area contributed by atoms with Gasteiger partial charge in [0.25, 0.3) is 0 Å². The Kier molecular flexibility index (Phi) is 6.24. The molecule has 1 atom stereocenters. The van der Waals surface area contributed by atoms with Crippen molar-refractivity contribution in [1.29, 1.82) is 0 Å². The number of benzene rings is 1. The number of aromatic nitrogens is 1. The number of pyridine rings is 1. The number of aliphatic imine (C=N–C) groups is 1. The summed E-state index contributed by atoms with van der Waals surface area (Å²) in [7, 11) is 1.61. The maximum absolute atomic E-state index is 12.5. The van der Waals surface area contributed by atoms with Gasteiger partial charge in [-0.15, -0.1) is 0 Å². The van der Waals surface area contributed by atoms with Gasteiger partial charge in [-0.3, -0.25) is 9.78 Å². The molecule has 0 saturated heterocycles. The van der Waals surface area contributed by atoms with Gasteiger partial charge in [-0.25, -0.2) is 4.99 Å². The third kappa shape index (κ3) is 4.95. The average Bonchev–Trinajstić information content (AvgIpc) is 3.03. The SMILES string of the molecule is COC[C@@H](CC(=O)Cc1cc2c(cn1)C(OC(F)F)=NC2)c1ccccc1. The summed E-state index contributed by atoms with van der Waals surface area (Å²) in [5.74, 6) is -0.0848. The molecule has 0 unspecified atom stereocenters. The molecule has 0 fully saturated rings. The number of hydrogen-bond donors (Lipinski definition) is 0. The first-order chi connectivity index (χ1) is 13.1. The summed E-state index contributed by atoms with van der Waals surface area (Å²) in [6.07, 6.45) is 1.95. The zero-order chi connectivity index (χ0) is 19.2. The summed E-state index contributed by atoms with van der Waals surface area (Å²) in [6.45, 7) is -2.22. The van der Waals surface area contributed by atoms with Crippen molar-refractivity contribution in [2.45, 2.75) is 31.9 Å². The van der Waals surface area contributed by atoms with Crippen LogP contribution in [0.5, 0.6) is 0 Å². The summed E-state index contributed by atoms with van der Waals surface area (Å²) in [5, 5.41) is 0. The van der Waals surface area contributed by atoms with E-state index in [2.05, 4.69) is 14.7 Å². The fourth-order valence-corrected chi connectivity index (χ4v) is 3.14. The van der Waals surface area contributed by atoms with E-state index >= 15 is 0 Å². The molecule has 0 spiro atoms. The first-order valence-electron chi connectivity index (χ1n) is 8.60. The maximum atomic E-state index is 12.5. The topological polar surface area (TPSA) is 60.8 Å². The van der Waals surface area contributed by atoms with Crippen molar-refractivity contribution in [2.75, 3.05) is 13.7 Å². The lowest BCUT2D eigenvalue weighted by molar-refractivity contribution is -0.119. The van der Waals surface area contributed by atoms with Crippen molar-refractivity contribution in [3.05, 3.63) is 65.0 Å². The standard InChI is InChI=1S/C20H20F2N2O3/c1-26-12-15(13-5-3-2-4-6-13)8-17(25)9-16-7-14-10-24-19(27-20(21)22)18(14)11-23-16/h2-7,11,15,20H,8-10,12H2,1H3/t15-/m1/s1. The molecule has 0 N–H and O–H groups in total. The van der Waals surface area contributed by atoms with Gasteiger partial charge in [-0.2, -0.15) is 8.78 Å². The molecular weight excluding hydrogens is 354 g/mol. The summed E-state index contributed by atoms with van der Waals surface area (Å²) in [4.78, 5) is 20.7. The van der Waals surface area contributed by atoms with Crippen LogP contribution in [0.15, 0.2) is 47.6 Å². The molecule has 0 saturated carbocycles. The van der Waals surface area contributed by atoms with Crippen LogP contribution in [0.25, 0.3) is 0 Å². The molecule has 0 radical (unpaired) electrons. The minimum Gasteiger partial charge on any atom is -0.417 e. The van der Waals surface area contributed by atoms with Gasteiger partial charge in [0.05, 0.1) is 18.7 Å². The number of nitrogens with zero attached hydrogens (tertiary/aromatic N) is 2. The smallest absolute Gasteiger partial charge is 0.388 e. The van der Waals surface area contributed by atoms with E-state index in [1.165, 1.54) is 6.20 Å². The molecule has 1 aromatic carbocycles. The first-order valence-corrected chi connectivity index (χ1v) is 8.60. The lowest BCUT2D eigenvalue weighted by Crippen LogP contribution is -2.15. The molecule has 1 aliphatic rings. The molecule has 1 aromatic heterocycles. The second-order valence-corrected chi connectivity index (χ2v) is 6.32. The first kappa shape index (κ1) is 19.1. The minimum absolute atomic E-state index is 0.0208. The van der Waals surface area contributed by atoms with Crippen LogP contribution in [-0.4, -0.2) is 37.0 Å². The van der Waals surface area contributed by atoms with Crippen molar-refractivity contribution >= 4 is 11.7 Å². The number of hydrogen-bond acceptors (Lipinski definition) is 5. The monoisotopic (exact) mass is 374 g/mol. The molecule has 2 aromatic rings. The fourth-order valence-electron chi connectivity index (χ4n) is 3.14. The van der Waals surface area contributed by atoms with Crippen molar-refractivity contribution in [3.8, 4) is 0 Å². The average molecular weight is 374 g/mol. The van der Waals surface area contributed by atoms with Gasteiger partial charge >= 0.3 is 6.61 Å². The Morgan fingerprint density at radius 3 is 2.74 bits per heavy atom. The van der Waals surface area contributed by atoms with E-state index in [-0.39, 0.29) is 30.6 Å². The van der Waals surface area contributed by atoms with Crippen molar-refractivity contribution < 1.29 is 23.0 Å². The van der Waals surface area contributed by atoms with Gasteiger partial charge in [0, 0.05) is 37.8 Å². The van der Waals surface area contributed by atoms with E-state index in [4.69, 9.17) is 4.74 Å². The highest BCUT2D eigenvalue weighted by molar-refractivity contribution is 5.97. The third-order valence-corrected chi connectivity index (χ3v) is 4.36. The number of carbonyl (C=O) groups is 1. The maximum Gasteiger partial charge on any atom is 0.388 e. The van der Waals surface area contributed by atoms with E-state index in [0.29, 0.717) is 24.3 Å². The number of alkyl halides is 2. The Labute approximate surface area is 156 Å². The van der Waals surface area contributed by atoms with Crippen LogP contribution in [0.3, 0.4) is 0 Å². The summed E-state index contributed by atoms with van der Waals surface area (Å²) >= 11 is 0. The Bertz CT molecular complexity index is 825. The number of ketones is 1. The quantitative estimate of drug-likeness (QED) is 0.709. The van der Waals surface area contributed by atoms with Gasteiger partial charge in [-0.1, -0.05) is 30.3 Å². The van der Waals surface area contributed by atoms with Gasteiger partial charge in [-0.05, 0) is 17.2 Å². The molecule has 2 heterocycles. The van der Waals surface area contributed by atoms with E-state index in [0.717, 1.165) is 11.1 Å². The van der Waals surface area contributed by atoms with E-state index in [1.54, 1.807) is 13.2 Å². The summed E-state index contributed by atoms with van der Waals surface area (Å²) in [6, 6.07) is 11.5. The highest BCUT2D eigenvalue weighted by atomic mass is 19.3. The van der Waals surface area contributed by atoms with E-state index in [9.17, 15) is 13.6 Å². The van der Waals surface area contributed by atoms with Crippen molar-refractivity contribution in [2.24, 2.45) is 4.99 Å². The van der Waals surface area contributed by atoms with Crippen LogP contribution in [0.1, 0.15) is 34.7 Å². The number of methoxy groups -OCH3 is 1. The molecule has 5 nitrogen and oxygen atoms in total. The number of carbonyl (C=O) groups excluding carboxylic acids is 1. The van der Waals surface area contributed by atoms with Crippen LogP contribution in [0.2, 0.25) is 0 Å². The Balaban J connectivity index is 1.64. The zero-order valence-corrected chi connectivity index (χ0v) is 14.9. The second kappa shape index (κ2) is 8.81. The number of rotatable bonds is 8. The molecule has 142 valence electrons. The molecular formula is C20H20F2N2O3. The lowest BCUT2D eigenvalue weighted by atomic mass is 9.93. The molecule has 1 aliphatic heterocycles. The van der Waals surface area contributed by atoms with Crippen LogP contribution in [0.4, 0.5) is 8.78 Å². The predicted octanol–water partition coefficient (Wildman–Crippen LogP) is 3.51. The van der Waals surface area contributed by atoms with Gasteiger partial charge < -0.3 is 9.47 Å². The number of ether oxygens (including phenoxy) is 2. The Hall–Kier alpha value is -2.67. The Morgan fingerprint density at radius 2 is 2.04 bits per heavy atom. The molecule has 3 rings (SSSR count). The molecule has 27 heavy (non-hydrogen) atoms. The molecule has 0 bridgehead atoms. The number of fused-ring (bicyclic) bond motifs is 1. The van der Waals surface area contributed by atoms with E-state index in [1.807, 2.05) is 30.3 Å². The molecule has 0 aliphatic carbocycles. The highest BCUT2D eigenvalue weighted by Crippen LogP contribution is 2.23. The van der Waals surface area contributed by atoms with Crippen molar-refractivity contribution in [3.63, 3.8) is 0 Å². The molecule has 7 heteroatoms. The Morgan fingerprint density at radius 1 is 1.26 bits per heavy atom. The third-order valence-electron chi connectivity index (χ3n) is 4.36. The fraction of sp³-hybridized carbons (Fsp3) is 0.350. The summed E-state index contributed by atoms with van der Waals surface area (Å²) < 4.78 is 34.4. The van der Waals surface area contributed by atoms with Gasteiger partial charge in [0.15, 0.2) is 0 Å². The van der Waals surface area contributed by atoms with Crippen LogP contribution >= 0.6 is 0 Å². The van der Waals surface area contributed by atoms with Crippen LogP contribution < -0.4 is 0 Å². The lowest BCUT2D eigenvalue weighted by Gasteiger charge is -2.15. The largest absolute Gasteiger partial charge is 0.417 e. The second-order valence-electron chi connectivity index (χ2n) is 6.32. The normalized spacial score (nSPS) is 14.0. The number of Topliss-reactive ketones (excluding diaryl/α,β-unsaturated/α-hetero) is 1. The van der Waals surface area contributed by atoms with Gasteiger partial charge in [0.2, 0.25) is 5.90 Å². The minimum atomic E-state index is -2.92. The van der Waals surface area contributed by atoms with E-state index < -0.39 is 6.61 Å². The highest BCUT2D eigenvalue weighted by Gasteiger charge is 2.22. The summed E-state index contributed by atoms with van der Waals surface area (Å²) in [5.41, 5.74) is 2.83. The van der Waals surface area contributed by atoms with Crippen LogP contribution in [0, 0.1) is 0 Å². The van der Waals surface area contributed by atoms with Crippen molar-refractivity contribution in [1.82, 2.24) is 4.98 Å². The van der Waals surface area contributed by atoms with Gasteiger partial charge in [0.1, 0.15) is 5.78 Å². The molecule has 0 amide bonds. The number of halogens is 2. The van der Waals surface area contributed by atoms with Crippen LogP contribution in [-0.2, 0) is 27.2 Å².